The van der Waals surface area contributed by atoms with E-state index in [-0.39, 0.29) is 17.3 Å². The van der Waals surface area contributed by atoms with E-state index in [0.717, 1.165) is 17.9 Å². The molecule has 3 rings (SSSR count). The largest absolute Gasteiger partial charge is 0.374 e. The first kappa shape index (κ1) is 20.9. The van der Waals surface area contributed by atoms with Gasteiger partial charge in [0.05, 0.1) is 4.92 Å². The third-order valence-electron chi connectivity index (χ3n) is 4.71. The average Bonchev–Trinajstić information content (AvgIpc) is 2.75. The lowest BCUT2D eigenvalue weighted by atomic mass is 10.2. The summed E-state index contributed by atoms with van der Waals surface area (Å²) >= 11 is 0. The number of nitro benzene ring substituents is 1. The topological polar surface area (TPSA) is 87.5 Å². The molecule has 3 aromatic carbocycles. The summed E-state index contributed by atoms with van der Waals surface area (Å²) in [5.41, 5.74) is 3.11. The zero-order chi connectivity index (χ0) is 21.5. The number of anilines is 3. The van der Waals surface area contributed by atoms with Crippen LogP contribution in [0.4, 0.5) is 22.7 Å². The van der Waals surface area contributed by atoms with Crippen molar-refractivity contribution >= 4 is 28.7 Å². The van der Waals surface area contributed by atoms with Gasteiger partial charge in [0.1, 0.15) is 11.7 Å². The summed E-state index contributed by atoms with van der Waals surface area (Å²) in [6.07, 6.45) is 0. The second-order valence-electron chi connectivity index (χ2n) is 7.02. The van der Waals surface area contributed by atoms with Gasteiger partial charge in [0, 0.05) is 31.0 Å². The second kappa shape index (κ2) is 9.56. The second-order valence-corrected chi connectivity index (χ2v) is 7.02. The first-order valence-electron chi connectivity index (χ1n) is 9.60. The van der Waals surface area contributed by atoms with Gasteiger partial charge in [-0.2, -0.15) is 0 Å². The minimum Gasteiger partial charge on any atom is -0.374 e. The van der Waals surface area contributed by atoms with Crippen molar-refractivity contribution in [2.45, 2.75) is 19.5 Å². The molecule has 2 N–H and O–H groups in total. The molecule has 1 amide bonds. The zero-order valence-corrected chi connectivity index (χ0v) is 16.9. The highest BCUT2D eigenvalue weighted by atomic mass is 16.6. The summed E-state index contributed by atoms with van der Waals surface area (Å²) in [4.78, 5) is 25.2. The molecule has 154 valence electrons. The maximum absolute atomic E-state index is 12.5. The number of nitro groups is 1. The number of para-hydroxylation sites is 2. The van der Waals surface area contributed by atoms with Gasteiger partial charge in [-0.3, -0.25) is 14.9 Å². The number of rotatable bonds is 8. The molecule has 0 aliphatic heterocycles. The van der Waals surface area contributed by atoms with Crippen LogP contribution in [0.25, 0.3) is 0 Å². The van der Waals surface area contributed by atoms with Crippen LogP contribution < -0.4 is 15.5 Å². The Balaban J connectivity index is 1.59. The van der Waals surface area contributed by atoms with Crippen LogP contribution in [0.1, 0.15) is 12.5 Å². The van der Waals surface area contributed by atoms with Crippen molar-refractivity contribution in [1.82, 2.24) is 0 Å². The molecule has 0 aliphatic carbocycles. The quantitative estimate of drug-likeness (QED) is 0.421. The van der Waals surface area contributed by atoms with Gasteiger partial charge in [-0.15, -0.1) is 0 Å². The molecule has 0 aromatic heterocycles. The van der Waals surface area contributed by atoms with Gasteiger partial charge in [-0.25, -0.2) is 0 Å². The average molecular weight is 404 g/mol. The van der Waals surface area contributed by atoms with Gasteiger partial charge >= 0.3 is 0 Å². The Morgan fingerprint density at radius 2 is 1.63 bits per heavy atom. The molecule has 3 aromatic rings. The first-order valence-corrected chi connectivity index (χ1v) is 9.60. The van der Waals surface area contributed by atoms with Crippen LogP contribution in [-0.4, -0.2) is 23.9 Å². The maximum atomic E-state index is 12.5. The molecule has 0 radical (unpaired) electrons. The fourth-order valence-electron chi connectivity index (χ4n) is 3.06. The van der Waals surface area contributed by atoms with Crippen molar-refractivity contribution in [3.63, 3.8) is 0 Å². The van der Waals surface area contributed by atoms with E-state index in [1.807, 2.05) is 49.5 Å². The highest BCUT2D eigenvalue weighted by molar-refractivity contribution is 5.98. The van der Waals surface area contributed by atoms with Crippen LogP contribution in [-0.2, 0) is 11.3 Å². The Morgan fingerprint density at radius 3 is 2.30 bits per heavy atom. The van der Waals surface area contributed by atoms with Gasteiger partial charge < -0.3 is 15.5 Å². The molecule has 7 nitrogen and oxygen atoms in total. The molecule has 1 unspecified atom stereocenters. The lowest BCUT2D eigenvalue weighted by molar-refractivity contribution is -0.383. The summed E-state index contributed by atoms with van der Waals surface area (Å²) in [6, 6.07) is 23.5. The Bertz CT molecular complexity index is 1010. The highest BCUT2D eigenvalue weighted by Gasteiger charge is 2.18. The molecular formula is C23H24N4O3. The molecule has 0 saturated heterocycles. The Morgan fingerprint density at radius 1 is 1.00 bits per heavy atom. The van der Waals surface area contributed by atoms with Crippen molar-refractivity contribution in [3.8, 4) is 0 Å². The van der Waals surface area contributed by atoms with E-state index >= 15 is 0 Å². The molecule has 0 fully saturated rings. The Labute approximate surface area is 175 Å². The van der Waals surface area contributed by atoms with E-state index in [1.54, 1.807) is 19.1 Å². The molecule has 7 heteroatoms. The van der Waals surface area contributed by atoms with E-state index in [9.17, 15) is 14.9 Å². The van der Waals surface area contributed by atoms with Gasteiger partial charge in [0.25, 0.3) is 5.69 Å². The van der Waals surface area contributed by atoms with Gasteiger partial charge in [0.2, 0.25) is 5.91 Å². The fourth-order valence-corrected chi connectivity index (χ4v) is 3.06. The number of amides is 1. The maximum Gasteiger partial charge on any atom is 0.292 e. The van der Waals surface area contributed by atoms with Crippen LogP contribution in [0, 0.1) is 10.1 Å². The standard InChI is InChI=1S/C23H24N4O3/c1-17(23(28)25-21-10-6-7-11-22(21)27(29)30)24-19-12-14-20(15-13-19)26(2)16-18-8-4-3-5-9-18/h3-15,17,24H,16H2,1-2H3,(H,25,28). The summed E-state index contributed by atoms with van der Waals surface area (Å²) < 4.78 is 0. The van der Waals surface area contributed by atoms with Crippen LogP contribution >= 0.6 is 0 Å². The number of hydrogen-bond acceptors (Lipinski definition) is 5. The molecular weight excluding hydrogens is 380 g/mol. The lowest BCUT2D eigenvalue weighted by Gasteiger charge is -2.20. The van der Waals surface area contributed by atoms with Crippen molar-refractivity contribution in [2.24, 2.45) is 0 Å². The summed E-state index contributed by atoms with van der Waals surface area (Å²) in [5, 5.41) is 16.8. The van der Waals surface area contributed by atoms with Crippen LogP contribution in [0.5, 0.6) is 0 Å². The van der Waals surface area contributed by atoms with E-state index in [2.05, 4.69) is 27.7 Å². The molecule has 0 heterocycles. The van der Waals surface area contributed by atoms with Crippen LogP contribution in [0.15, 0.2) is 78.9 Å². The van der Waals surface area contributed by atoms with Crippen molar-refractivity contribution < 1.29 is 9.72 Å². The number of carbonyl (C=O) groups is 1. The molecule has 0 spiro atoms. The lowest BCUT2D eigenvalue weighted by Crippen LogP contribution is -2.32. The fraction of sp³-hybridized carbons (Fsp3) is 0.174. The summed E-state index contributed by atoms with van der Waals surface area (Å²) in [7, 11) is 2.03. The molecule has 0 saturated carbocycles. The number of benzene rings is 3. The smallest absolute Gasteiger partial charge is 0.292 e. The van der Waals surface area contributed by atoms with E-state index in [4.69, 9.17) is 0 Å². The van der Waals surface area contributed by atoms with Crippen LogP contribution in [0.2, 0.25) is 0 Å². The highest BCUT2D eigenvalue weighted by Crippen LogP contribution is 2.24. The summed E-state index contributed by atoms with van der Waals surface area (Å²) in [5.74, 6) is -0.352. The zero-order valence-electron chi connectivity index (χ0n) is 16.9. The van der Waals surface area contributed by atoms with Gasteiger partial charge in [0.15, 0.2) is 0 Å². The third kappa shape index (κ3) is 5.35. The summed E-state index contributed by atoms with van der Waals surface area (Å²) in [6.45, 7) is 2.50. The Kier molecular flexibility index (Phi) is 6.64. The number of hydrogen-bond donors (Lipinski definition) is 2. The van der Waals surface area contributed by atoms with Gasteiger partial charge in [-0.05, 0) is 42.8 Å². The molecule has 0 bridgehead atoms. The molecule has 1 atom stereocenters. The number of nitrogens with zero attached hydrogens (tertiary/aromatic N) is 2. The number of carbonyl (C=O) groups excluding carboxylic acids is 1. The molecule has 0 aliphatic rings. The minimum absolute atomic E-state index is 0.135. The third-order valence-corrected chi connectivity index (χ3v) is 4.71. The predicted molar refractivity (Wildman–Crippen MR) is 120 cm³/mol. The number of nitrogens with one attached hydrogen (secondary N) is 2. The van der Waals surface area contributed by atoms with Crippen molar-refractivity contribution in [3.05, 3.63) is 94.5 Å². The first-order chi connectivity index (χ1) is 14.4. The molecule has 30 heavy (non-hydrogen) atoms. The SMILES string of the molecule is CC(Nc1ccc(N(C)Cc2ccccc2)cc1)C(=O)Nc1ccccc1[N+](=O)[O-]. The van der Waals surface area contributed by atoms with Gasteiger partial charge in [-0.1, -0.05) is 42.5 Å². The van der Waals surface area contributed by atoms with Crippen LogP contribution in [0.3, 0.4) is 0 Å². The van der Waals surface area contributed by atoms with Crippen molar-refractivity contribution in [1.29, 1.82) is 0 Å². The van der Waals surface area contributed by atoms with E-state index in [1.165, 1.54) is 17.7 Å². The van der Waals surface area contributed by atoms with Crippen molar-refractivity contribution in [2.75, 3.05) is 22.6 Å². The Hall–Kier alpha value is -3.87. The minimum atomic E-state index is -0.572. The van der Waals surface area contributed by atoms with E-state index < -0.39 is 11.0 Å². The monoisotopic (exact) mass is 404 g/mol. The normalized spacial score (nSPS) is 11.4. The van der Waals surface area contributed by atoms with E-state index in [0.29, 0.717) is 0 Å². The predicted octanol–water partition coefficient (Wildman–Crippen LogP) is 4.67.